The summed E-state index contributed by atoms with van der Waals surface area (Å²) < 4.78 is 45.4. The molecule has 4 amide bonds. The van der Waals surface area contributed by atoms with Crippen molar-refractivity contribution in [2.24, 2.45) is 11.3 Å². The molecule has 0 bridgehead atoms. The molecule has 0 spiro atoms. The smallest absolute Gasteiger partial charge is 0.408 e. The molecule has 3 N–H and O–H groups in total. The van der Waals surface area contributed by atoms with E-state index in [0.29, 0.717) is 40.9 Å². The lowest BCUT2D eigenvalue weighted by Crippen LogP contribution is -2.60. The molecule has 5 atom stereocenters. The zero-order valence-corrected chi connectivity index (χ0v) is 33.7. The number of carbonyl (C=O) groups excluding carboxylic acids is 4. The molecule has 2 heterocycles. The molecular weight excluding hydrogens is 739 g/mol. The Morgan fingerprint density at radius 3 is 2.30 bits per heavy atom. The van der Waals surface area contributed by atoms with E-state index in [0.717, 1.165) is 5.56 Å². The van der Waals surface area contributed by atoms with Crippen LogP contribution in [0.15, 0.2) is 67.3 Å². The molecule has 2 saturated carbocycles. The molecule has 56 heavy (non-hydrogen) atoms. The van der Waals surface area contributed by atoms with E-state index in [4.69, 9.17) is 19.2 Å². The summed E-state index contributed by atoms with van der Waals surface area (Å²) in [7, 11) is -2.35. The normalized spacial score (nSPS) is 22.8. The highest BCUT2D eigenvalue weighted by molar-refractivity contribution is 7.91. The summed E-state index contributed by atoms with van der Waals surface area (Å²) in [5.41, 5.74) is -1.16. The Hall–Kier alpha value is -5.18. The Labute approximate surface area is 327 Å². The van der Waals surface area contributed by atoms with E-state index in [1.54, 1.807) is 60.8 Å². The average molecular weight is 790 g/mol. The van der Waals surface area contributed by atoms with Crippen LogP contribution in [0.5, 0.6) is 11.5 Å². The largest absolute Gasteiger partial charge is 0.497 e. The van der Waals surface area contributed by atoms with Crippen LogP contribution >= 0.6 is 0 Å². The van der Waals surface area contributed by atoms with Gasteiger partial charge in [-0.1, -0.05) is 57.2 Å². The van der Waals surface area contributed by atoms with E-state index in [2.05, 4.69) is 21.9 Å². The molecule has 0 unspecified atom stereocenters. The second-order valence-corrected chi connectivity index (χ2v) is 18.8. The maximum Gasteiger partial charge on any atom is 0.408 e. The number of nitrogens with zero attached hydrogens (tertiary/aromatic N) is 2. The highest BCUT2D eigenvalue weighted by Crippen LogP contribution is 2.46. The number of aromatic nitrogens is 1. The van der Waals surface area contributed by atoms with Gasteiger partial charge in [-0.25, -0.2) is 18.2 Å². The molecule has 15 heteroatoms. The first-order valence-electron chi connectivity index (χ1n) is 18.8. The van der Waals surface area contributed by atoms with Gasteiger partial charge in [0.25, 0.3) is 5.91 Å². The van der Waals surface area contributed by atoms with Gasteiger partial charge in [-0.15, -0.1) is 6.58 Å². The zero-order valence-electron chi connectivity index (χ0n) is 32.9. The van der Waals surface area contributed by atoms with Crippen molar-refractivity contribution >= 4 is 44.7 Å². The fourth-order valence-electron chi connectivity index (χ4n) is 6.97. The lowest BCUT2D eigenvalue weighted by Gasteiger charge is -2.36. The number of amides is 4. The summed E-state index contributed by atoms with van der Waals surface area (Å²) in [5, 5.41) is 5.56. The molecule has 2 aliphatic carbocycles. The maximum atomic E-state index is 14.7. The third kappa shape index (κ3) is 8.77. The van der Waals surface area contributed by atoms with Crippen molar-refractivity contribution in [2.75, 3.05) is 13.7 Å². The van der Waals surface area contributed by atoms with E-state index in [1.165, 1.54) is 11.0 Å². The maximum absolute atomic E-state index is 14.7. The van der Waals surface area contributed by atoms with Crippen molar-refractivity contribution in [3.05, 3.63) is 67.3 Å². The molecule has 300 valence electrons. The lowest BCUT2D eigenvalue weighted by molar-refractivity contribution is -0.143. The van der Waals surface area contributed by atoms with Crippen LogP contribution in [0, 0.1) is 11.3 Å². The molecule has 1 saturated heterocycles. The molecule has 3 fully saturated rings. The fraction of sp³-hybridized carbons (Fsp3) is 0.488. The standard InChI is InChI=1S/C41H51N5O9S/c1-9-25-22-41(25,37(49)45-56(51,52)28-16-17-28)44-35(47)32-20-27(23-46(32)36(48)34(39(2,3)4)43-38(50)55-40(5,6)7)54-33-21-30(24-13-11-10-12-14-24)42-31-19-26(53-8)15-18-29(31)33/h9-15,18-19,21,25,27-28,32,34H,1,16-17,20,22-23H2,2-8H3,(H,43,50)(H,44,47)(H,45,49)/t25-,27-,32+,34-,41-/m1/s1. The summed E-state index contributed by atoms with van der Waals surface area (Å²) in [6.07, 6.45) is 1.01. The van der Waals surface area contributed by atoms with Crippen molar-refractivity contribution < 1.29 is 41.8 Å². The Morgan fingerprint density at radius 2 is 1.71 bits per heavy atom. The molecule has 1 aromatic heterocycles. The first kappa shape index (κ1) is 40.5. The fourth-order valence-corrected chi connectivity index (χ4v) is 8.33. The Kier molecular flexibility index (Phi) is 10.9. The van der Waals surface area contributed by atoms with Crippen molar-refractivity contribution in [3.63, 3.8) is 0 Å². The minimum absolute atomic E-state index is 0.0122. The number of methoxy groups -OCH3 is 1. The number of hydrogen-bond acceptors (Lipinski definition) is 10. The summed E-state index contributed by atoms with van der Waals surface area (Å²) in [6.45, 7) is 14.2. The summed E-state index contributed by atoms with van der Waals surface area (Å²) >= 11 is 0. The van der Waals surface area contributed by atoms with Crippen LogP contribution in [0.2, 0.25) is 0 Å². The van der Waals surface area contributed by atoms with Crippen molar-refractivity contribution in [1.29, 1.82) is 0 Å². The van der Waals surface area contributed by atoms with E-state index in [9.17, 15) is 27.6 Å². The van der Waals surface area contributed by atoms with E-state index < -0.39 is 79.7 Å². The molecule has 3 aromatic rings. The highest BCUT2D eigenvalue weighted by atomic mass is 32.2. The molecule has 1 aliphatic heterocycles. The van der Waals surface area contributed by atoms with Gasteiger partial charge in [0.1, 0.15) is 40.8 Å². The van der Waals surface area contributed by atoms with Crippen molar-refractivity contribution in [2.45, 2.75) is 102 Å². The Morgan fingerprint density at radius 1 is 1.02 bits per heavy atom. The van der Waals surface area contributed by atoms with Crippen molar-refractivity contribution in [1.82, 2.24) is 25.2 Å². The van der Waals surface area contributed by atoms with Gasteiger partial charge in [0.15, 0.2) is 0 Å². The number of likely N-dealkylation sites (tertiary alicyclic amines) is 1. The van der Waals surface area contributed by atoms with Gasteiger partial charge in [0.2, 0.25) is 21.8 Å². The molecule has 0 radical (unpaired) electrons. The van der Waals surface area contributed by atoms with Gasteiger partial charge >= 0.3 is 6.09 Å². The number of carbonyl (C=O) groups is 4. The SMILES string of the molecule is C=C[C@@H]1C[C@]1(NC(=O)[C@@H]1C[C@@H](Oc2cc(-c3ccccc3)nc3cc(OC)ccc23)CN1C(=O)[C@@H](NC(=O)OC(C)(C)C)C(C)(C)C)C(=O)NS(=O)(=O)C1CC1. The molecule has 2 aromatic carbocycles. The summed E-state index contributed by atoms with van der Waals surface area (Å²) in [5.74, 6) is -1.56. The van der Waals surface area contributed by atoms with Crippen LogP contribution < -0.4 is 24.8 Å². The predicted molar refractivity (Wildman–Crippen MR) is 210 cm³/mol. The average Bonchev–Trinajstić information content (AvgIpc) is 4.06. The molecule has 6 rings (SSSR count). The quantitative estimate of drug-likeness (QED) is 0.214. The lowest BCUT2D eigenvalue weighted by atomic mass is 9.85. The van der Waals surface area contributed by atoms with Gasteiger partial charge in [0.05, 0.1) is 30.1 Å². The van der Waals surface area contributed by atoms with Crippen LogP contribution in [-0.2, 0) is 29.1 Å². The molecule has 14 nitrogen and oxygen atoms in total. The van der Waals surface area contributed by atoms with Crippen LogP contribution in [0.1, 0.15) is 67.2 Å². The summed E-state index contributed by atoms with van der Waals surface area (Å²) in [6, 6.07) is 14.5. The first-order valence-corrected chi connectivity index (χ1v) is 20.3. The van der Waals surface area contributed by atoms with Gasteiger partial charge in [-0.2, -0.15) is 0 Å². The molecule has 3 aliphatic rings. The van der Waals surface area contributed by atoms with E-state index in [-0.39, 0.29) is 19.4 Å². The monoisotopic (exact) mass is 789 g/mol. The number of benzene rings is 2. The second-order valence-electron chi connectivity index (χ2n) is 16.9. The van der Waals surface area contributed by atoms with E-state index in [1.807, 2.05) is 42.5 Å². The minimum Gasteiger partial charge on any atom is -0.497 e. The highest BCUT2D eigenvalue weighted by Gasteiger charge is 2.62. The van der Waals surface area contributed by atoms with Crippen molar-refractivity contribution in [3.8, 4) is 22.8 Å². The third-order valence-corrected chi connectivity index (χ3v) is 12.0. The number of fused-ring (bicyclic) bond motifs is 1. The number of ether oxygens (including phenoxy) is 3. The predicted octanol–water partition coefficient (Wildman–Crippen LogP) is 4.87. The Balaban J connectivity index is 1.34. The van der Waals surface area contributed by atoms with E-state index >= 15 is 0 Å². The third-order valence-electron chi connectivity index (χ3n) is 10.2. The summed E-state index contributed by atoms with van der Waals surface area (Å²) in [4.78, 5) is 61.9. The van der Waals surface area contributed by atoms with Crippen LogP contribution in [0.3, 0.4) is 0 Å². The van der Waals surface area contributed by atoms with Gasteiger partial charge < -0.3 is 29.7 Å². The van der Waals surface area contributed by atoms with Gasteiger partial charge in [-0.05, 0) is 57.6 Å². The zero-order chi connectivity index (χ0) is 40.8. The number of pyridine rings is 1. The number of sulfonamides is 1. The van der Waals surface area contributed by atoms with Gasteiger partial charge in [-0.3, -0.25) is 19.1 Å². The Bertz CT molecular complexity index is 2140. The first-order chi connectivity index (χ1) is 26.2. The number of rotatable bonds is 12. The number of nitrogens with one attached hydrogen (secondary N) is 3. The van der Waals surface area contributed by atoms with Crippen LogP contribution in [-0.4, -0.2) is 90.3 Å². The van der Waals surface area contributed by atoms with Gasteiger partial charge in [0, 0.05) is 35.4 Å². The topological polar surface area (TPSA) is 182 Å². The number of hydrogen-bond donors (Lipinski definition) is 3. The minimum atomic E-state index is -3.92. The molecular formula is C41H51N5O9S. The second kappa shape index (κ2) is 15.1. The number of alkyl carbamates (subject to hydrolysis) is 1. The van der Waals surface area contributed by atoms with Crippen LogP contribution in [0.25, 0.3) is 22.2 Å². The van der Waals surface area contributed by atoms with Crippen LogP contribution in [0.4, 0.5) is 4.79 Å².